The molecule has 0 aliphatic carbocycles. The van der Waals surface area contributed by atoms with Crippen LogP contribution in [0.3, 0.4) is 0 Å². The molecule has 0 aromatic rings. The zero-order valence-electron chi connectivity index (χ0n) is 18.4. The van der Waals surface area contributed by atoms with Crippen LogP contribution in [0.25, 0.3) is 0 Å². The highest BCUT2D eigenvalue weighted by molar-refractivity contribution is 8.06. The van der Waals surface area contributed by atoms with Crippen LogP contribution < -0.4 is 15.5 Å². The van der Waals surface area contributed by atoms with Crippen LogP contribution in [0, 0.1) is 0 Å². The van der Waals surface area contributed by atoms with E-state index >= 15 is 0 Å². The largest absolute Gasteiger partial charge is 0.780 e. The normalized spacial score (nSPS) is 13.3. The van der Waals surface area contributed by atoms with Crippen LogP contribution in [-0.2, 0) is 30.4 Å². The molecule has 0 heterocycles. The van der Waals surface area contributed by atoms with Gasteiger partial charge in [-0.1, -0.05) is 77.0 Å². The number of rotatable bonds is 19. The lowest BCUT2D eigenvalue weighted by molar-refractivity contribution is -0.208. The molecule has 0 fully saturated rings. The highest BCUT2D eigenvalue weighted by Crippen LogP contribution is 2.38. The Morgan fingerprint density at radius 1 is 0.862 bits per heavy atom. The Labute approximate surface area is 181 Å². The zero-order chi connectivity index (χ0) is 22.0. The molecule has 29 heavy (non-hydrogen) atoms. The molecule has 1 unspecified atom stereocenters. The second kappa shape index (κ2) is 18.3. The summed E-state index contributed by atoms with van der Waals surface area (Å²) in [7, 11) is 1.22. The Kier molecular flexibility index (Phi) is 17.9. The summed E-state index contributed by atoms with van der Waals surface area (Å²) in [5.41, 5.74) is 0. The Balaban J connectivity index is 4.29. The molecule has 0 saturated carbocycles. The molecule has 7 nitrogen and oxygen atoms in total. The number of carbonyl (C=O) groups excluding carboxylic acids is 2. The van der Waals surface area contributed by atoms with E-state index in [9.17, 15) is 14.5 Å². The van der Waals surface area contributed by atoms with Crippen LogP contribution in [0.5, 0.6) is 0 Å². The van der Waals surface area contributed by atoms with Crippen molar-refractivity contribution in [1.82, 2.24) is 10.6 Å². The third-order valence-corrected chi connectivity index (χ3v) is 6.28. The molecule has 0 aromatic carbocycles. The number of carbonyl (C=O) groups is 2. The number of amides is 2. The van der Waals surface area contributed by atoms with Gasteiger partial charge in [0, 0.05) is 33.0 Å². The minimum Gasteiger partial charge on any atom is -0.780 e. The average Bonchev–Trinajstić information content (AvgIpc) is 2.69. The van der Waals surface area contributed by atoms with Crippen molar-refractivity contribution in [3.05, 3.63) is 0 Å². The fourth-order valence-corrected chi connectivity index (χ4v) is 3.75. The predicted molar refractivity (Wildman–Crippen MR) is 119 cm³/mol. The molecule has 172 valence electrons. The van der Waals surface area contributed by atoms with Crippen molar-refractivity contribution >= 4 is 30.3 Å². The summed E-state index contributed by atoms with van der Waals surface area (Å²) in [5.74, 6) is -0.178. The van der Waals surface area contributed by atoms with E-state index in [4.69, 9.17) is 20.9 Å². The summed E-state index contributed by atoms with van der Waals surface area (Å²) in [4.78, 5) is 36.0. The van der Waals surface area contributed by atoms with Gasteiger partial charge >= 0.3 is 0 Å². The molecule has 1 atom stereocenters. The fourth-order valence-electron chi connectivity index (χ4n) is 2.78. The Morgan fingerprint density at radius 3 is 1.66 bits per heavy atom. The van der Waals surface area contributed by atoms with Crippen molar-refractivity contribution in [2.75, 3.05) is 20.2 Å². The van der Waals surface area contributed by atoms with Crippen molar-refractivity contribution in [3.63, 3.8) is 0 Å². The smallest absolute Gasteiger partial charge is 0.220 e. The molecular formula is C20H40N2O5PS-. The van der Waals surface area contributed by atoms with Crippen LogP contribution in [0.4, 0.5) is 0 Å². The molecule has 0 rings (SSSR count). The monoisotopic (exact) mass is 451 g/mol. The van der Waals surface area contributed by atoms with Gasteiger partial charge in [-0.2, -0.15) is 0 Å². The van der Waals surface area contributed by atoms with E-state index in [2.05, 4.69) is 24.5 Å². The highest BCUT2D eigenvalue weighted by Gasteiger charge is 2.16. The van der Waals surface area contributed by atoms with Gasteiger partial charge in [-0.05, 0) is 12.8 Å². The molecule has 9 heteroatoms. The third-order valence-electron chi connectivity index (χ3n) is 4.57. The van der Waals surface area contributed by atoms with E-state index in [1.807, 2.05) is 0 Å². The van der Waals surface area contributed by atoms with E-state index in [1.54, 1.807) is 0 Å². The number of hydrogen-bond donors (Lipinski definition) is 2. The van der Waals surface area contributed by atoms with Crippen molar-refractivity contribution in [3.8, 4) is 0 Å². The van der Waals surface area contributed by atoms with Crippen LogP contribution >= 0.6 is 6.72 Å². The summed E-state index contributed by atoms with van der Waals surface area (Å²) in [5, 5.41) is 5.54. The van der Waals surface area contributed by atoms with Crippen LogP contribution in [0.1, 0.15) is 90.9 Å². The quantitative estimate of drug-likeness (QED) is 0.230. The van der Waals surface area contributed by atoms with Crippen molar-refractivity contribution < 1.29 is 23.5 Å². The molecule has 0 spiro atoms. The summed E-state index contributed by atoms with van der Waals surface area (Å²) in [6.45, 7) is 0.900. The minimum absolute atomic E-state index is 0.0889. The fraction of sp³-hybridized carbons (Fsp3) is 0.900. The Morgan fingerprint density at radius 2 is 1.28 bits per heavy atom. The lowest BCUT2D eigenvalue weighted by atomic mass is 10.1. The molecule has 0 aromatic heterocycles. The predicted octanol–water partition coefficient (Wildman–Crippen LogP) is 3.56. The van der Waals surface area contributed by atoms with Gasteiger partial charge in [0.05, 0.1) is 6.10 Å². The molecule has 0 bridgehead atoms. The molecule has 0 aliphatic heterocycles. The maximum Gasteiger partial charge on any atom is 0.220 e. The number of unbranched alkanes of at least 4 members (excludes halogenated alkanes) is 8. The van der Waals surface area contributed by atoms with Gasteiger partial charge in [-0.15, -0.1) is 0 Å². The van der Waals surface area contributed by atoms with Crippen molar-refractivity contribution in [2.45, 2.75) is 97.0 Å². The third kappa shape index (κ3) is 18.0. The van der Waals surface area contributed by atoms with Gasteiger partial charge in [0.1, 0.15) is 6.72 Å². The second-order valence-corrected chi connectivity index (χ2v) is 10.1. The van der Waals surface area contributed by atoms with Gasteiger partial charge in [-0.25, -0.2) is 0 Å². The minimum atomic E-state index is -3.64. The first kappa shape index (κ1) is 28.5. The average molecular weight is 452 g/mol. The standard InChI is InChI=1S/C20H41N2O5PS/c1-4-6-8-10-12-14-19(23)21-16-18(27-28(25,29)26-3)17-22-20(24)15-13-11-9-7-5-2/h18H,4-17H2,1-3H3,(H,21,23)(H,22,24)(H,25,29)/p-1. The van der Waals surface area contributed by atoms with Gasteiger partial charge in [0.25, 0.3) is 0 Å². The molecule has 2 amide bonds. The van der Waals surface area contributed by atoms with Crippen LogP contribution in [0.15, 0.2) is 0 Å². The maximum absolute atomic E-state index is 12.0. The van der Waals surface area contributed by atoms with Crippen LogP contribution in [-0.4, -0.2) is 38.1 Å². The van der Waals surface area contributed by atoms with E-state index in [0.717, 1.165) is 51.4 Å². The highest BCUT2D eigenvalue weighted by atomic mass is 32.5. The van der Waals surface area contributed by atoms with Crippen molar-refractivity contribution in [2.24, 2.45) is 0 Å². The second-order valence-electron chi connectivity index (χ2n) is 7.29. The van der Waals surface area contributed by atoms with Gasteiger partial charge in [0.2, 0.25) is 11.8 Å². The summed E-state index contributed by atoms with van der Waals surface area (Å²) in [6.07, 6.45) is 10.9. The lowest BCUT2D eigenvalue weighted by Crippen LogP contribution is -2.41. The molecule has 0 saturated heterocycles. The molecular weight excluding hydrogens is 411 g/mol. The van der Waals surface area contributed by atoms with E-state index in [0.29, 0.717) is 12.8 Å². The van der Waals surface area contributed by atoms with Crippen molar-refractivity contribution in [1.29, 1.82) is 0 Å². The molecule has 0 aliphatic rings. The summed E-state index contributed by atoms with van der Waals surface area (Å²) < 4.78 is 10.0. The summed E-state index contributed by atoms with van der Waals surface area (Å²) in [6, 6.07) is 0. The van der Waals surface area contributed by atoms with Gasteiger partial charge < -0.3 is 24.6 Å². The molecule has 2 N–H and O–H groups in total. The Hall–Kier alpha value is -0.530. The first-order valence-electron chi connectivity index (χ1n) is 10.9. The Bertz CT molecular complexity index is 463. The van der Waals surface area contributed by atoms with Crippen LogP contribution in [0.2, 0.25) is 0 Å². The van der Waals surface area contributed by atoms with E-state index in [1.165, 1.54) is 20.0 Å². The van der Waals surface area contributed by atoms with Gasteiger partial charge in [-0.3, -0.25) is 9.59 Å². The first-order chi connectivity index (χ1) is 13.8. The van der Waals surface area contributed by atoms with Gasteiger partial charge in [0.15, 0.2) is 0 Å². The number of hydrogen-bond acceptors (Lipinski definition) is 6. The SMILES string of the molecule is CCCCCCCC(=O)NCC(CNC(=O)CCCCCCC)OP([O-])(=S)OC. The topological polar surface area (TPSA) is 99.7 Å². The zero-order valence-corrected chi connectivity index (χ0v) is 20.1. The van der Waals surface area contributed by atoms with E-state index < -0.39 is 12.8 Å². The summed E-state index contributed by atoms with van der Waals surface area (Å²) >= 11 is 4.79. The molecule has 0 radical (unpaired) electrons. The van der Waals surface area contributed by atoms with E-state index in [-0.39, 0.29) is 24.9 Å². The first-order valence-corrected chi connectivity index (χ1v) is 13.5. The lowest BCUT2D eigenvalue weighted by Gasteiger charge is -2.30. The maximum atomic E-state index is 12.0. The number of nitrogens with one attached hydrogen (secondary N) is 2.